The summed E-state index contributed by atoms with van der Waals surface area (Å²) in [5.41, 5.74) is 0. The fourth-order valence-electron chi connectivity index (χ4n) is 1.72. The molecule has 0 saturated heterocycles. The Kier molecular flexibility index (Phi) is 12.3. The van der Waals surface area contributed by atoms with Gasteiger partial charge >= 0.3 is 0 Å². The van der Waals surface area contributed by atoms with Crippen molar-refractivity contribution in [3.8, 4) is 0 Å². The average Bonchev–Trinajstić information content (AvgIpc) is 2.86. The molecule has 0 saturated carbocycles. The lowest BCUT2D eigenvalue weighted by Crippen LogP contribution is -2.38. The first-order valence-corrected chi connectivity index (χ1v) is 8.32. The number of rotatable bonds is 8. The largest absolute Gasteiger partial charge is 0.386 e. The molecule has 8 heteroatoms. The Labute approximate surface area is 159 Å². The van der Waals surface area contributed by atoms with Crippen LogP contribution in [0.25, 0.3) is 0 Å². The Balaban J connectivity index is 0.00000441. The number of hydrogen-bond acceptors (Lipinski definition) is 4. The first-order valence-electron chi connectivity index (χ1n) is 7.13. The first kappa shape index (κ1) is 21.9. The molecule has 0 aliphatic carbocycles. The minimum Gasteiger partial charge on any atom is -0.386 e. The van der Waals surface area contributed by atoms with Crippen molar-refractivity contribution < 1.29 is 5.11 Å². The monoisotopic (exact) mass is 460 g/mol. The molecule has 0 aliphatic rings. The van der Waals surface area contributed by atoms with Crippen LogP contribution in [-0.2, 0) is 0 Å². The maximum absolute atomic E-state index is 10.1. The Morgan fingerprint density at radius 3 is 2.68 bits per heavy atom. The van der Waals surface area contributed by atoms with Crippen LogP contribution in [0.5, 0.6) is 0 Å². The van der Waals surface area contributed by atoms with Gasteiger partial charge in [0.15, 0.2) is 5.96 Å². The van der Waals surface area contributed by atoms with Crippen molar-refractivity contribution in [3.05, 3.63) is 21.3 Å². The second-order valence-electron chi connectivity index (χ2n) is 4.96. The van der Waals surface area contributed by atoms with Gasteiger partial charge in [0, 0.05) is 18.0 Å². The number of aliphatic imine (C=N–C) groups is 1. The summed E-state index contributed by atoms with van der Waals surface area (Å²) in [6, 6.07) is 3.63. The maximum Gasteiger partial charge on any atom is 0.191 e. The summed E-state index contributed by atoms with van der Waals surface area (Å²) in [5, 5.41) is 16.5. The highest BCUT2D eigenvalue weighted by atomic mass is 127. The van der Waals surface area contributed by atoms with Crippen LogP contribution in [0, 0.1) is 0 Å². The van der Waals surface area contributed by atoms with Crippen LogP contribution >= 0.6 is 46.9 Å². The Bertz CT molecular complexity index is 442. The zero-order chi connectivity index (χ0) is 15.7. The van der Waals surface area contributed by atoms with Gasteiger partial charge in [0.25, 0.3) is 0 Å². The van der Waals surface area contributed by atoms with E-state index in [1.807, 2.05) is 13.0 Å². The third-order valence-electron chi connectivity index (χ3n) is 2.76. The van der Waals surface area contributed by atoms with Crippen LogP contribution in [0.4, 0.5) is 0 Å². The molecule has 1 rings (SSSR count). The van der Waals surface area contributed by atoms with Crippen LogP contribution < -0.4 is 10.6 Å². The fraction of sp³-hybridized carbons (Fsp3) is 0.643. The summed E-state index contributed by atoms with van der Waals surface area (Å²) in [6.07, 6.45) is 0.431. The molecule has 1 aromatic rings. The van der Waals surface area contributed by atoms with Gasteiger partial charge in [-0.25, -0.2) is 0 Å². The van der Waals surface area contributed by atoms with E-state index < -0.39 is 6.10 Å². The van der Waals surface area contributed by atoms with Gasteiger partial charge in [-0.2, -0.15) is 0 Å². The summed E-state index contributed by atoms with van der Waals surface area (Å²) in [6.45, 7) is 5.01. The second kappa shape index (κ2) is 12.3. The van der Waals surface area contributed by atoms with Gasteiger partial charge in [-0.3, -0.25) is 4.99 Å². The minimum atomic E-state index is -0.611. The number of guanidine groups is 1. The number of nitrogens with one attached hydrogen (secondary N) is 2. The Morgan fingerprint density at radius 2 is 2.14 bits per heavy atom. The first-order chi connectivity index (χ1) is 10.0. The van der Waals surface area contributed by atoms with E-state index in [4.69, 9.17) is 11.6 Å². The van der Waals surface area contributed by atoms with Crippen LogP contribution in [0.3, 0.4) is 0 Å². The molecule has 0 spiro atoms. The van der Waals surface area contributed by atoms with E-state index in [0.717, 1.165) is 36.9 Å². The molecule has 0 fully saturated rings. The van der Waals surface area contributed by atoms with Gasteiger partial charge in [0.05, 0.1) is 10.9 Å². The van der Waals surface area contributed by atoms with E-state index in [1.165, 1.54) is 11.3 Å². The predicted octanol–water partition coefficient (Wildman–Crippen LogP) is 2.56. The van der Waals surface area contributed by atoms with E-state index >= 15 is 0 Å². The molecule has 5 nitrogen and oxygen atoms in total. The lowest BCUT2D eigenvalue weighted by Gasteiger charge is -2.14. The molecular formula is C14H26ClIN4OS. The molecule has 1 aromatic heterocycles. The van der Waals surface area contributed by atoms with Crippen molar-refractivity contribution in [2.45, 2.75) is 19.4 Å². The third kappa shape index (κ3) is 9.14. The van der Waals surface area contributed by atoms with Gasteiger partial charge in [0.1, 0.15) is 6.10 Å². The SMILES string of the molecule is CCNC(=NCC(O)c1ccc(Cl)s1)NCCCN(C)C.I. The Hall–Kier alpha value is -0.0900. The summed E-state index contributed by atoms with van der Waals surface area (Å²) in [7, 11) is 4.11. The molecule has 0 bridgehead atoms. The van der Waals surface area contributed by atoms with Crippen LogP contribution in [0.1, 0.15) is 24.3 Å². The number of thiophene rings is 1. The lowest BCUT2D eigenvalue weighted by atomic mass is 10.3. The Morgan fingerprint density at radius 1 is 1.41 bits per heavy atom. The predicted molar refractivity (Wildman–Crippen MR) is 107 cm³/mol. The van der Waals surface area contributed by atoms with Crippen molar-refractivity contribution in [1.82, 2.24) is 15.5 Å². The van der Waals surface area contributed by atoms with E-state index in [9.17, 15) is 5.11 Å². The zero-order valence-electron chi connectivity index (χ0n) is 13.3. The molecule has 0 radical (unpaired) electrons. The molecule has 1 unspecified atom stereocenters. The minimum absolute atomic E-state index is 0. The number of aliphatic hydroxyl groups is 1. The zero-order valence-corrected chi connectivity index (χ0v) is 17.2. The van der Waals surface area contributed by atoms with Crippen molar-refractivity contribution in [2.75, 3.05) is 40.3 Å². The van der Waals surface area contributed by atoms with Gasteiger partial charge < -0.3 is 20.6 Å². The van der Waals surface area contributed by atoms with Crippen molar-refractivity contribution in [1.29, 1.82) is 0 Å². The molecule has 1 atom stereocenters. The molecule has 1 heterocycles. The van der Waals surface area contributed by atoms with Crippen LogP contribution in [0.15, 0.2) is 17.1 Å². The number of hydrogen-bond donors (Lipinski definition) is 3. The van der Waals surface area contributed by atoms with Gasteiger partial charge in [-0.1, -0.05) is 11.6 Å². The summed E-state index contributed by atoms with van der Waals surface area (Å²) in [5.74, 6) is 0.734. The second-order valence-corrected chi connectivity index (χ2v) is 6.71. The topological polar surface area (TPSA) is 59.9 Å². The van der Waals surface area contributed by atoms with E-state index in [1.54, 1.807) is 6.07 Å². The number of nitrogens with zero attached hydrogens (tertiary/aromatic N) is 2. The van der Waals surface area contributed by atoms with Crippen molar-refractivity contribution >= 4 is 52.9 Å². The number of halogens is 2. The molecule has 128 valence electrons. The molecule has 22 heavy (non-hydrogen) atoms. The molecule has 3 N–H and O–H groups in total. The van der Waals surface area contributed by atoms with E-state index in [2.05, 4.69) is 34.6 Å². The van der Waals surface area contributed by atoms with Crippen molar-refractivity contribution in [2.24, 2.45) is 4.99 Å². The average molecular weight is 461 g/mol. The molecular weight excluding hydrogens is 435 g/mol. The molecule has 0 amide bonds. The normalized spacial score (nSPS) is 12.9. The smallest absolute Gasteiger partial charge is 0.191 e. The third-order valence-corrected chi connectivity index (χ3v) is 4.10. The van der Waals surface area contributed by atoms with Gasteiger partial charge in [-0.05, 0) is 46.1 Å². The lowest BCUT2D eigenvalue weighted by molar-refractivity contribution is 0.191. The standard InChI is InChI=1S/C14H25ClN4OS.HI/c1-4-16-14(17-8-5-9-19(2)3)18-10-11(20)12-6-7-13(15)21-12;/h6-7,11,20H,4-5,8-10H2,1-3H3,(H2,16,17,18);1H. The highest BCUT2D eigenvalue weighted by Gasteiger charge is 2.10. The van der Waals surface area contributed by atoms with Gasteiger partial charge in [0.2, 0.25) is 0 Å². The fourth-order valence-corrected chi connectivity index (χ4v) is 2.76. The van der Waals surface area contributed by atoms with Gasteiger partial charge in [-0.15, -0.1) is 35.3 Å². The highest BCUT2D eigenvalue weighted by Crippen LogP contribution is 2.26. The van der Waals surface area contributed by atoms with Crippen molar-refractivity contribution in [3.63, 3.8) is 0 Å². The maximum atomic E-state index is 10.1. The quantitative estimate of drug-likeness (QED) is 0.241. The van der Waals surface area contributed by atoms with Crippen LogP contribution in [0.2, 0.25) is 4.34 Å². The molecule has 0 aliphatic heterocycles. The summed E-state index contributed by atoms with van der Waals surface area (Å²) < 4.78 is 0.682. The van der Waals surface area contributed by atoms with E-state index in [-0.39, 0.29) is 24.0 Å². The summed E-state index contributed by atoms with van der Waals surface area (Å²) >= 11 is 7.26. The van der Waals surface area contributed by atoms with E-state index in [0.29, 0.717) is 10.9 Å². The molecule has 0 aromatic carbocycles. The highest BCUT2D eigenvalue weighted by molar-refractivity contribution is 14.0. The summed E-state index contributed by atoms with van der Waals surface area (Å²) in [4.78, 5) is 7.40. The number of aliphatic hydroxyl groups excluding tert-OH is 1. The van der Waals surface area contributed by atoms with Crippen LogP contribution in [-0.4, -0.2) is 56.2 Å².